The Kier molecular flexibility index (Phi) is 3.69. The van der Waals surface area contributed by atoms with Gasteiger partial charge in [0, 0.05) is 12.1 Å². The Morgan fingerprint density at radius 2 is 2.15 bits per heavy atom. The molecule has 2 N–H and O–H groups in total. The maximum absolute atomic E-state index is 11.0. The lowest BCUT2D eigenvalue weighted by Gasteiger charge is -2.20. The zero-order chi connectivity index (χ0) is 14.7. The summed E-state index contributed by atoms with van der Waals surface area (Å²) < 4.78 is 9.40. The number of cyclic esters (lactones) is 1. The molecule has 1 unspecified atom stereocenters. The Hall–Kier alpha value is -2.84. The minimum absolute atomic E-state index is 0.0478. The number of benzene rings is 1. The van der Waals surface area contributed by atoms with Crippen LogP contribution in [0.4, 0.5) is 15.3 Å². The van der Waals surface area contributed by atoms with E-state index in [1.54, 1.807) is 0 Å². The van der Waals surface area contributed by atoms with Crippen molar-refractivity contribution in [1.29, 1.82) is 0 Å². The number of rotatable bonds is 4. The summed E-state index contributed by atoms with van der Waals surface area (Å²) in [5, 5.41) is 21.7. The van der Waals surface area contributed by atoms with E-state index in [9.17, 15) is 19.7 Å². The van der Waals surface area contributed by atoms with Crippen LogP contribution in [0.1, 0.15) is 11.7 Å². The highest BCUT2D eigenvalue weighted by molar-refractivity contribution is 5.70. The van der Waals surface area contributed by atoms with Crippen LogP contribution in [0.2, 0.25) is 0 Å². The number of hydrogen-bond donors (Lipinski definition) is 2. The number of nitro groups is 1. The Bertz CT molecular complexity index is 542. The highest BCUT2D eigenvalue weighted by Gasteiger charge is 2.34. The fourth-order valence-corrected chi connectivity index (χ4v) is 1.84. The van der Waals surface area contributed by atoms with Gasteiger partial charge >= 0.3 is 12.2 Å². The number of non-ortho nitro benzene ring substituents is 1. The molecule has 1 aromatic rings. The van der Waals surface area contributed by atoms with Crippen molar-refractivity contribution in [2.45, 2.75) is 12.1 Å². The van der Waals surface area contributed by atoms with Gasteiger partial charge in [-0.05, 0) is 17.7 Å². The molecule has 0 radical (unpaired) electrons. The van der Waals surface area contributed by atoms with Gasteiger partial charge in [-0.1, -0.05) is 0 Å². The van der Waals surface area contributed by atoms with Crippen molar-refractivity contribution < 1.29 is 29.1 Å². The molecule has 9 heteroatoms. The molecule has 1 fully saturated rings. The van der Waals surface area contributed by atoms with Crippen molar-refractivity contribution in [3.8, 4) is 0 Å². The van der Waals surface area contributed by atoms with Gasteiger partial charge in [-0.25, -0.2) is 9.59 Å². The summed E-state index contributed by atoms with van der Waals surface area (Å²) in [6.07, 6.45) is -3.19. The molecule has 0 aromatic heterocycles. The van der Waals surface area contributed by atoms with Gasteiger partial charge in [-0.2, -0.15) is 0 Å². The van der Waals surface area contributed by atoms with Crippen LogP contribution < -0.4 is 5.32 Å². The van der Waals surface area contributed by atoms with Gasteiger partial charge in [0.15, 0.2) is 6.10 Å². The molecule has 1 aliphatic rings. The molecule has 0 aliphatic carbocycles. The predicted molar refractivity (Wildman–Crippen MR) is 63.2 cm³/mol. The van der Waals surface area contributed by atoms with Gasteiger partial charge in [-0.3, -0.25) is 10.1 Å². The number of carbonyl (C=O) groups is 2. The molecule has 1 aliphatic heterocycles. The molecule has 1 aromatic carbocycles. The first-order valence-electron chi connectivity index (χ1n) is 5.54. The van der Waals surface area contributed by atoms with Crippen LogP contribution in [0.15, 0.2) is 24.3 Å². The van der Waals surface area contributed by atoms with Crippen molar-refractivity contribution in [2.24, 2.45) is 0 Å². The lowest BCUT2D eigenvalue weighted by Crippen LogP contribution is -2.35. The Morgan fingerprint density at radius 1 is 1.50 bits per heavy atom. The molecule has 0 spiro atoms. The zero-order valence-corrected chi connectivity index (χ0v) is 10.0. The van der Waals surface area contributed by atoms with E-state index in [0.29, 0.717) is 5.56 Å². The second-order valence-electron chi connectivity index (χ2n) is 4.00. The zero-order valence-electron chi connectivity index (χ0n) is 10.0. The van der Waals surface area contributed by atoms with E-state index in [-0.39, 0.29) is 12.3 Å². The van der Waals surface area contributed by atoms with Gasteiger partial charge < -0.3 is 19.9 Å². The topological polar surface area (TPSA) is 128 Å². The molecule has 9 nitrogen and oxygen atoms in total. The van der Waals surface area contributed by atoms with E-state index in [0.717, 1.165) is 0 Å². The maximum atomic E-state index is 11.0. The van der Waals surface area contributed by atoms with Crippen molar-refractivity contribution in [3.63, 3.8) is 0 Å². The van der Waals surface area contributed by atoms with Crippen LogP contribution in [0.25, 0.3) is 0 Å². The number of ether oxygens (including phenoxy) is 2. The molecule has 0 saturated carbocycles. The molecule has 2 atom stereocenters. The lowest BCUT2D eigenvalue weighted by molar-refractivity contribution is -0.384. The highest BCUT2D eigenvalue weighted by atomic mass is 16.7. The van der Waals surface area contributed by atoms with Crippen LogP contribution in [0.3, 0.4) is 0 Å². The van der Waals surface area contributed by atoms with E-state index in [1.807, 2.05) is 0 Å². The first-order chi connectivity index (χ1) is 9.47. The largest absolute Gasteiger partial charge is 0.506 e. The number of hydrogen-bond acceptors (Lipinski definition) is 6. The van der Waals surface area contributed by atoms with E-state index < -0.39 is 29.3 Å². The Balaban J connectivity index is 2.23. The molecule has 20 heavy (non-hydrogen) atoms. The van der Waals surface area contributed by atoms with Gasteiger partial charge in [0.2, 0.25) is 0 Å². The third kappa shape index (κ3) is 2.94. The van der Waals surface area contributed by atoms with Gasteiger partial charge in [0.25, 0.3) is 5.69 Å². The number of carbonyl (C=O) groups excluding carboxylic acids is 1. The summed E-state index contributed by atoms with van der Waals surface area (Å²) in [5.41, 5.74) is 0.253. The lowest BCUT2D eigenvalue weighted by atomic mass is 10.0. The molecule has 1 saturated heterocycles. The number of amides is 1. The minimum Gasteiger partial charge on any atom is -0.450 e. The monoisotopic (exact) mass is 282 g/mol. The molecule has 1 heterocycles. The van der Waals surface area contributed by atoms with Crippen LogP contribution in [0, 0.1) is 10.1 Å². The summed E-state index contributed by atoms with van der Waals surface area (Å²) in [4.78, 5) is 31.7. The number of nitrogens with one attached hydrogen (secondary N) is 1. The number of alkyl carbamates (subject to hydrolysis) is 1. The SMILES string of the molecule is O=C(O)OC(c1ccc([N+](=O)[O-])cc1)[C@@H]1COC(=O)N1. The third-order valence-corrected chi connectivity index (χ3v) is 2.72. The summed E-state index contributed by atoms with van der Waals surface area (Å²) in [7, 11) is 0. The van der Waals surface area contributed by atoms with Crippen LogP contribution in [-0.2, 0) is 9.47 Å². The number of carboxylic acid groups (broad SMARTS) is 1. The first kappa shape index (κ1) is 13.6. The van der Waals surface area contributed by atoms with Crippen LogP contribution in [0.5, 0.6) is 0 Å². The van der Waals surface area contributed by atoms with Crippen molar-refractivity contribution in [2.75, 3.05) is 6.61 Å². The van der Waals surface area contributed by atoms with Gasteiger partial charge in [0.05, 0.1) is 4.92 Å². The summed E-state index contributed by atoms with van der Waals surface area (Å²) in [6.45, 7) is -0.0478. The van der Waals surface area contributed by atoms with E-state index in [2.05, 4.69) is 10.1 Å². The fourth-order valence-electron chi connectivity index (χ4n) is 1.84. The van der Waals surface area contributed by atoms with Crippen molar-refractivity contribution >= 4 is 17.9 Å². The second kappa shape index (κ2) is 5.43. The van der Waals surface area contributed by atoms with Crippen molar-refractivity contribution in [3.05, 3.63) is 39.9 Å². The second-order valence-corrected chi connectivity index (χ2v) is 4.00. The third-order valence-electron chi connectivity index (χ3n) is 2.72. The summed E-state index contributed by atoms with van der Waals surface area (Å²) >= 11 is 0. The molecular formula is C11H10N2O7. The maximum Gasteiger partial charge on any atom is 0.506 e. The van der Waals surface area contributed by atoms with E-state index >= 15 is 0 Å². The fraction of sp³-hybridized carbons (Fsp3) is 0.273. The molecule has 0 bridgehead atoms. The standard InChI is InChI=1S/C11H10N2O7/c14-10-12-8(5-19-10)9(20-11(15)16)6-1-3-7(4-2-6)13(17)18/h1-4,8-9H,5H2,(H,12,14)(H,15,16)/t8-,9?/m0/s1. The molecule has 2 rings (SSSR count). The first-order valence-corrected chi connectivity index (χ1v) is 5.54. The van der Waals surface area contributed by atoms with Gasteiger partial charge in [-0.15, -0.1) is 0 Å². The smallest absolute Gasteiger partial charge is 0.450 e. The van der Waals surface area contributed by atoms with Crippen LogP contribution >= 0.6 is 0 Å². The van der Waals surface area contributed by atoms with E-state index in [1.165, 1.54) is 24.3 Å². The molecule has 1 amide bonds. The normalized spacial score (nSPS) is 18.8. The number of nitro benzene ring substituents is 1. The summed E-state index contributed by atoms with van der Waals surface area (Å²) in [6, 6.07) is 4.52. The quantitative estimate of drug-likeness (QED) is 0.485. The highest BCUT2D eigenvalue weighted by Crippen LogP contribution is 2.26. The summed E-state index contributed by atoms with van der Waals surface area (Å²) in [5.74, 6) is 0. The Morgan fingerprint density at radius 3 is 2.60 bits per heavy atom. The van der Waals surface area contributed by atoms with E-state index in [4.69, 9.17) is 9.84 Å². The van der Waals surface area contributed by atoms with Crippen LogP contribution in [-0.4, -0.2) is 34.9 Å². The average molecular weight is 282 g/mol. The Labute approximate surface area is 112 Å². The van der Waals surface area contributed by atoms with Gasteiger partial charge in [0.1, 0.15) is 12.6 Å². The average Bonchev–Trinajstić information content (AvgIpc) is 2.82. The predicted octanol–water partition coefficient (Wildman–Crippen LogP) is 1.44. The van der Waals surface area contributed by atoms with Crippen molar-refractivity contribution in [1.82, 2.24) is 5.32 Å². The number of nitrogens with zero attached hydrogens (tertiary/aromatic N) is 1. The molecule has 106 valence electrons. The minimum atomic E-state index is -1.52. The molecular weight excluding hydrogens is 272 g/mol.